The van der Waals surface area contributed by atoms with E-state index in [1.165, 1.54) is 11.1 Å². The highest BCUT2D eigenvalue weighted by molar-refractivity contribution is 5.98. The Balaban J connectivity index is 1.36. The number of amides is 1. The van der Waals surface area contributed by atoms with Gasteiger partial charge in [0.25, 0.3) is 17.3 Å². The predicted molar refractivity (Wildman–Crippen MR) is 127 cm³/mol. The molecular weight excluding hydrogens is 452 g/mol. The van der Waals surface area contributed by atoms with Gasteiger partial charge in [0.05, 0.1) is 21.5 Å². The van der Waals surface area contributed by atoms with Crippen LogP contribution < -0.4 is 5.43 Å². The highest BCUT2D eigenvalue weighted by Crippen LogP contribution is 2.59. The van der Waals surface area contributed by atoms with Crippen LogP contribution in [-0.4, -0.2) is 26.6 Å². The molecular formula is C25H26N4O6. The third-order valence-electron chi connectivity index (χ3n) is 8.33. The molecule has 2 saturated carbocycles. The number of non-ortho nitro benzene ring substituents is 2. The number of fused-ring (bicyclic) bond motifs is 5. The number of hydrogen-bond acceptors (Lipinski definition) is 7. The third-order valence-corrected chi connectivity index (χ3v) is 8.33. The number of nitrogens with zero attached hydrogens (tertiary/aromatic N) is 3. The molecule has 10 heteroatoms. The van der Waals surface area contributed by atoms with Gasteiger partial charge in [-0.3, -0.25) is 25.0 Å². The van der Waals surface area contributed by atoms with Crippen molar-refractivity contribution in [1.29, 1.82) is 0 Å². The largest absolute Gasteiger partial charge is 0.508 e. The zero-order chi connectivity index (χ0) is 24.9. The lowest BCUT2D eigenvalue weighted by Crippen LogP contribution is -2.43. The van der Waals surface area contributed by atoms with Crippen molar-refractivity contribution in [2.75, 3.05) is 0 Å². The molecule has 2 fully saturated rings. The van der Waals surface area contributed by atoms with Gasteiger partial charge >= 0.3 is 0 Å². The first kappa shape index (κ1) is 22.9. The number of nitro benzene ring substituents is 2. The Morgan fingerprint density at radius 3 is 2.46 bits per heavy atom. The highest BCUT2D eigenvalue weighted by atomic mass is 16.6. The number of carbonyl (C=O) groups is 1. The molecule has 0 heterocycles. The van der Waals surface area contributed by atoms with Crippen LogP contribution in [0, 0.1) is 37.5 Å². The van der Waals surface area contributed by atoms with Crippen LogP contribution in [0.1, 0.15) is 66.4 Å². The molecule has 2 N–H and O–H groups in total. The van der Waals surface area contributed by atoms with Gasteiger partial charge in [-0.25, -0.2) is 5.43 Å². The summed E-state index contributed by atoms with van der Waals surface area (Å²) >= 11 is 0. The molecule has 2 aromatic carbocycles. The topological polar surface area (TPSA) is 148 Å². The van der Waals surface area contributed by atoms with Crippen molar-refractivity contribution in [1.82, 2.24) is 5.43 Å². The molecule has 0 bridgehead atoms. The minimum Gasteiger partial charge on any atom is -0.508 e. The quantitative estimate of drug-likeness (QED) is 0.474. The highest BCUT2D eigenvalue weighted by Gasteiger charge is 2.53. The standard InChI is InChI=1S/C25H26N4O6/c1-25-9-8-20-19-5-3-18(30)12-14(19)2-4-21(20)22(25)6-7-23(25)26-27-24(31)15-10-16(28(32)33)13-17(11-15)29(34)35/h3,5,10-13,20-22,30H,2,4,6-9H2,1H3,(H,27,31)/b26-23-/t20-,21-,22-,25-/m0/s1. The average molecular weight is 479 g/mol. The van der Waals surface area contributed by atoms with Crippen molar-refractivity contribution in [2.24, 2.45) is 22.4 Å². The van der Waals surface area contributed by atoms with Gasteiger partial charge in [-0.2, -0.15) is 5.10 Å². The minimum absolute atomic E-state index is 0.155. The third kappa shape index (κ3) is 3.92. The fourth-order valence-corrected chi connectivity index (χ4v) is 6.66. The Morgan fingerprint density at radius 1 is 1.06 bits per heavy atom. The van der Waals surface area contributed by atoms with Gasteiger partial charge in [0, 0.05) is 23.3 Å². The Bertz CT molecular complexity index is 1240. The van der Waals surface area contributed by atoms with E-state index in [2.05, 4.69) is 23.5 Å². The van der Waals surface area contributed by atoms with Gasteiger partial charge in [0.15, 0.2) is 0 Å². The van der Waals surface area contributed by atoms with Crippen LogP contribution in [0.5, 0.6) is 5.75 Å². The van der Waals surface area contributed by atoms with Crippen molar-refractivity contribution in [3.8, 4) is 5.75 Å². The van der Waals surface area contributed by atoms with Crippen LogP contribution in [0.2, 0.25) is 0 Å². The summed E-state index contributed by atoms with van der Waals surface area (Å²) in [4.78, 5) is 33.5. The second-order valence-corrected chi connectivity index (χ2v) is 10.0. The summed E-state index contributed by atoms with van der Waals surface area (Å²) in [6.07, 6.45) is 5.64. The number of aromatic hydroxyl groups is 1. The van der Waals surface area contributed by atoms with Crippen molar-refractivity contribution in [2.45, 2.75) is 51.4 Å². The molecule has 0 radical (unpaired) electrons. The molecule has 3 aliphatic carbocycles. The number of hydrazone groups is 1. The number of hydrogen-bond donors (Lipinski definition) is 2. The number of phenols is 1. The van der Waals surface area contributed by atoms with Crippen LogP contribution >= 0.6 is 0 Å². The smallest absolute Gasteiger partial charge is 0.277 e. The Kier molecular flexibility index (Phi) is 5.53. The average Bonchev–Trinajstić information content (AvgIpc) is 3.17. The number of carbonyl (C=O) groups excluding carboxylic acids is 1. The van der Waals surface area contributed by atoms with Gasteiger partial charge in [0.1, 0.15) is 5.75 Å². The number of benzene rings is 2. The second-order valence-electron chi connectivity index (χ2n) is 10.0. The number of nitrogens with one attached hydrogen (secondary N) is 1. The lowest BCUT2D eigenvalue weighted by molar-refractivity contribution is -0.394. The molecule has 182 valence electrons. The zero-order valence-corrected chi connectivity index (χ0v) is 19.3. The van der Waals surface area contributed by atoms with Crippen LogP contribution in [0.25, 0.3) is 0 Å². The van der Waals surface area contributed by atoms with Gasteiger partial charge in [-0.15, -0.1) is 0 Å². The molecule has 10 nitrogen and oxygen atoms in total. The second kappa shape index (κ2) is 8.44. The van der Waals surface area contributed by atoms with E-state index in [9.17, 15) is 30.1 Å². The maximum Gasteiger partial charge on any atom is 0.277 e. The van der Waals surface area contributed by atoms with Crippen molar-refractivity contribution < 1.29 is 19.7 Å². The summed E-state index contributed by atoms with van der Waals surface area (Å²) in [6, 6.07) is 8.58. The molecule has 0 aromatic heterocycles. The normalized spacial score (nSPS) is 28.0. The molecule has 2 aromatic rings. The van der Waals surface area contributed by atoms with E-state index in [1.807, 2.05) is 6.07 Å². The van der Waals surface area contributed by atoms with Crippen LogP contribution in [-0.2, 0) is 6.42 Å². The number of aryl methyl sites for hydroxylation is 1. The van der Waals surface area contributed by atoms with E-state index in [1.54, 1.807) is 6.07 Å². The molecule has 3 aliphatic rings. The van der Waals surface area contributed by atoms with E-state index >= 15 is 0 Å². The number of rotatable bonds is 4. The molecule has 35 heavy (non-hydrogen) atoms. The van der Waals surface area contributed by atoms with Gasteiger partial charge < -0.3 is 5.11 Å². The summed E-state index contributed by atoms with van der Waals surface area (Å²) in [6.45, 7) is 2.20. The van der Waals surface area contributed by atoms with Crippen molar-refractivity contribution in [3.63, 3.8) is 0 Å². The van der Waals surface area contributed by atoms with E-state index in [0.29, 0.717) is 23.5 Å². The van der Waals surface area contributed by atoms with Gasteiger partial charge in [-0.05, 0) is 79.5 Å². The molecule has 1 amide bonds. The first-order chi connectivity index (χ1) is 16.7. The molecule has 0 saturated heterocycles. The maximum atomic E-state index is 12.7. The number of phenolic OH excluding ortho intramolecular Hbond substituents is 1. The predicted octanol–water partition coefficient (Wildman–Crippen LogP) is 4.85. The van der Waals surface area contributed by atoms with E-state index in [0.717, 1.165) is 62.4 Å². The lowest BCUT2D eigenvalue weighted by Gasteiger charge is -2.49. The van der Waals surface area contributed by atoms with Crippen LogP contribution in [0.3, 0.4) is 0 Å². The minimum atomic E-state index is -0.763. The van der Waals surface area contributed by atoms with E-state index in [-0.39, 0.29) is 11.0 Å². The summed E-state index contributed by atoms with van der Waals surface area (Å²) in [5.74, 6) is 0.988. The Hall–Kier alpha value is -3.82. The SMILES string of the molecule is C[C@]12CC[C@H]3c4ccc(O)cc4CC[C@@H]3[C@@H]1CC/C2=N/NC(=O)c1cc([N+](=O)[O-])cc([N+](=O)[O-])c1. The molecule has 0 aliphatic heterocycles. The van der Waals surface area contributed by atoms with E-state index < -0.39 is 27.1 Å². The first-order valence-corrected chi connectivity index (χ1v) is 11.8. The Labute approximate surface area is 201 Å². The summed E-state index contributed by atoms with van der Waals surface area (Å²) in [7, 11) is 0. The van der Waals surface area contributed by atoms with Gasteiger partial charge in [0.2, 0.25) is 0 Å². The monoisotopic (exact) mass is 478 g/mol. The molecule has 0 spiro atoms. The number of nitro groups is 2. The van der Waals surface area contributed by atoms with Crippen molar-refractivity contribution in [3.05, 3.63) is 73.3 Å². The summed E-state index contributed by atoms with van der Waals surface area (Å²) in [5.41, 5.74) is 4.62. The fraction of sp³-hybridized carbons (Fsp3) is 0.440. The van der Waals surface area contributed by atoms with Crippen LogP contribution in [0.15, 0.2) is 41.5 Å². The first-order valence-electron chi connectivity index (χ1n) is 11.8. The maximum absolute atomic E-state index is 12.7. The van der Waals surface area contributed by atoms with Crippen LogP contribution in [0.4, 0.5) is 11.4 Å². The molecule has 5 rings (SSSR count). The fourth-order valence-electron chi connectivity index (χ4n) is 6.66. The molecule has 4 atom stereocenters. The zero-order valence-electron chi connectivity index (χ0n) is 19.3. The van der Waals surface area contributed by atoms with Crippen molar-refractivity contribution >= 4 is 23.0 Å². The summed E-state index contributed by atoms with van der Waals surface area (Å²) < 4.78 is 0. The Morgan fingerprint density at radius 2 is 1.77 bits per heavy atom. The van der Waals surface area contributed by atoms with Gasteiger partial charge in [-0.1, -0.05) is 13.0 Å². The van der Waals surface area contributed by atoms with E-state index in [4.69, 9.17) is 0 Å². The lowest BCUT2D eigenvalue weighted by atomic mass is 9.55. The summed E-state index contributed by atoms with van der Waals surface area (Å²) in [5, 5.41) is 36.6. The molecule has 0 unspecified atom stereocenters.